The van der Waals surface area contributed by atoms with Crippen molar-refractivity contribution >= 4 is 15.9 Å². The minimum atomic E-state index is -4.35. The van der Waals surface area contributed by atoms with Gasteiger partial charge in [-0.15, -0.1) is 0 Å². The summed E-state index contributed by atoms with van der Waals surface area (Å²) in [6.07, 6.45) is -4.35. The molecule has 2 aromatic carbocycles. The molecule has 1 saturated heterocycles. The molecular weight excluding hydrogens is 437 g/mol. The summed E-state index contributed by atoms with van der Waals surface area (Å²) in [5.41, 5.74) is 1.06. The molecule has 0 aliphatic carbocycles. The number of alkyl halides is 3. The van der Waals surface area contributed by atoms with Gasteiger partial charge in [0.05, 0.1) is 25.8 Å². The average molecular weight is 459 g/mol. The Bertz CT molecular complexity index is 806. The number of rotatable bonds is 5. The molecule has 152 valence electrons. The second-order valence-electron chi connectivity index (χ2n) is 6.54. The summed E-state index contributed by atoms with van der Waals surface area (Å²) in [6.45, 7) is 3.21. The van der Waals surface area contributed by atoms with Gasteiger partial charge in [-0.2, -0.15) is 13.2 Å². The van der Waals surface area contributed by atoms with E-state index in [-0.39, 0.29) is 6.04 Å². The number of piperazine rings is 1. The quantitative estimate of drug-likeness (QED) is 0.715. The highest BCUT2D eigenvalue weighted by atomic mass is 79.9. The van der Waals surface area contributed by atoms with Crippen LogP contribution in [0.25, 0.3) is 0 Å². The van der Waals surface area contributed by atoms with Crippen LogP contribution in [0.4, 0.5) is 13.2 Å². The zero-order valence-corrected chi connectivity index (χ0v) is 17.2. The molecule has 0 radical (unpaired) electrons. The molecule has 0 aromatic heterocycles. The van der Waals surface area contributed by atoms with Crippen molar-refractivity contribution in [1.82, 2.24) is 10.2 Å². The molecule has 28 heavy (non-hydrogen) atoms. The van der Waals surface area contributed by atoms with Crippen molar-refractivity contribution in [2.45, 2.75) is 12.2 Å². The lowest BCUT2D eigenvalue weighted by Gasteiger charge is -2.36. The van der Waals surface area contributed by atoms with Gasteiger partial charge in [0.15, 0.2) is 11.5 Å². The van der Waals surface area contributed by atoms with Gasteiger partial charge in [-0.25, -0.2) is 0 Å². The van der Waals surface area contributed by atoms with E-state index in [1.165, 1.54) is 0 Å². The fraction of sp³-hybridized carbons (Fsp3) is 0.400. The SMILES string of the molecule is COc1cc(Br)c(C(c2ccc(C(F)(F)F)cc2)N2CCNCC2)cc1OC. The van der Waals surface area contributed by atoms with Crippen LogP contribution in [0, 0.1) is 0 Å². The zero-order chi connectivity index (χ0) is 20.3. The summed E-state index contributed by atoms with van der Waals surface area (Å²) in [7, 11) is 3.13. The van der Waals surface area contributed by atoms with E-state index in [1.54, 1.807) is 26.4 Å². The smallest absolute Gasteiger partial charge is 0.416 e. The van der Waals surface area contributed by atoms with Gasteiger partial charge in [0.1, 0.15) is 0 Å². The number of nitrogens with one attached hydrogen (secondary N) is 1. The summed E-state index contributed by atoms with van der Waals surface area (Å²) in [5.74, 6) is 1.16. The van der Waals surface area contributed by atoms with E-state index in [4.69, 9.17) is 9.47 Å². The standard InChI is InChI=1S/C20H22BrF3N2O2/c1-27-17-11-15(16(21)12-18(17)28-2)19(26-9-7-25-8-10-26)13-3-5-14(6-4-13)20(22,23)24/h3-6,11-12,19,25H,7-10H2,1-2H3. The molecule has 0 amide bonds. The third-order valence-electron chi connectivity index (χ3n) is 4.87. The maximum atomic E-state index is 13.0. The number of methoxy groups -OCH3 is 2. The van der Waals surface area contributed by atoms with Crippen LogP contribution in [0.1, 0.15) is 22.7 Å². The Labute approximate surface area is 170 Å². The summed E-state index contributed by atoms with van der Waals surface area (Å²) in [5, 5.41) is 3.31. The second-order valence-corrected chi connectivity index (χ2v) is 7.39. The molecule has 0 bridgehead atoms. The lowest BCUT2D eigenvalue weighted by atomic mass is 9.95. The number of hydrogen-bond donors (Lipinski definition) is 1. The van der Waals surface area contributed by atoms with Crippen LogP contribution in [0.15, 0.2) is 40.9 Å². The van der Waals surface area contributed by atoms with Crippen molar-refractivity contribution in [3.05, 3.63) is 57.6 Å². The molecule has 1 aliphatic rings. The first-order valence-electron chi connectivity index (χ1n) is 8.88. The molecule has 8 heteroatoms. The summed E-state index contributed by atoms with van der Waals surface area (Å²) >= 11 is 3.60. The third kappa shape index (κ3) is 4.45. The predicted octanol–water partition coefficient (Wildman–Crippen LogP) is 4.48. The highest BCUT2D eigenvalue weighted by Gasteiger charge is 2.32. The van der Waals surface area contributed by atoms with E-state index in [1.807, 2.05) is 12.1 Å². The van der Waals surface area contributed by atoms with Gasteiger partial charge in [-0.05, 0) is 35.4 Å². The fourth-order valence-corrected chi connectivity index (χ4v) is 4.00. The first kappa shape index (κ1) is 21.0. The normalized spacial score (nSPS) is 16.6. The topological polar surface area (TPSA) is 33.7 Å². The van der Waals surface area contributed by atoms with Crippen molar-refractivity contribution in [3.8, 4) is 11.5 Å². The van der Waals surface area contributed by atoms with Crippen molar-refractivity contribution < 1.29 is 22.6 Å². The Kier molecular flexibility index (Phi) is 6.52. The van der Waals surface area contributed by atoms with Crippen LogP contribution in [-0.2, 0) is 6.18 Å². The van der Waals surface area contributed by atoms with Crippen molar-refractivity contribution in [2.24, 2.45) is 0 Å². The van der Waals surface area contributed by atoms with Crippen molar-refractivity contribution in [2.75, 3.05) is 40.4 Å². The molecule has 4 nitrogen and oxygen atoms in total. The van der Waals surface area contributed by atoms with Crippen LogP contribution in [-0.4, -0.2) is 45.3 Å². The van der Waals surface area contributed by atoms with Gasteiger partial charge >= 0.3 is 6.18 Å². The molecule has 1 aliphatic heterocycles. The minimum absolute atomic E-state index is 0.210. The average Bonchev–Trinajstić information content (AvgIpc) is 2.69. The molecule has 1 unspecified atom stereocenters. The Morgan fingerprint density at radius 3 is 2.11 bits per heavy atom. The Balaban J connectivity index is 2.08. The van der Waals surface area contributed by atoms with Crippen LogP contribution in [0.3, 0.4) is 0 Å². The largest absolute Gasteiger partial charge is 0.493 e. The molecular formula is C20H22BrF3N2O2. The summed E-state index contributed by atoms with van der Waals surface area (Å²) < 4.78 is 50.6. The van der Waals surface area contributed by atoms with Crippen molar-refractivity contribution in [1.29, 1.82) is 0 Å². The molecule has 1 atom stereocenters. The number of hydrogen-bond acceptors (Lipinski definition) is 4. The number of halogens is 4. The van der Waals surface area contributed by atoms with Crippen molar-refractivity contribution in [3.63, 3.8) is 0 Å². The van der Waals surface area contributed by atoms with Crippen LogP contribution in [0.5, 0.6) is 11.5 Å². The minimum Gasteiger partial charge on any atom is -0.493 e. The maximum Gasteiger partial charge on any atom is 0.416 e. The van der Waals surface area contributed by atoms with Gasteiger partial charge in [0.2, 0.25) is 0 Å². The Morgan fingerprint density at radius 2 is 1.57 bits per heavy atom. The third-order valence-corrected chi connectivity index (χ3v) is 5.55. The lowest BCUT2D eigenvalue weighted by Crippen LogP contribution is -2.45. The van der Waals surface area contributed by atoms with E-state index < -0.39 is 11.7 Å². The fourth-order valence-electron chi connectivity index (χ4n) is 3.46. The number of benzene rings is 2. The summed E-state index contributed by atoms with van der Waals surface area (Å²) in [4.78, 5) is 2.26. The number of nitrogens with zero attached hydrogens (tertiary/aromatic N) is 1. The van der Waals surface area contributed by atoms with E-state index in [9.17, 15) is 13.2 Å². The van der Waals surface area contributed by atoms with Gasteiger partial charge < -0.3 is 14.8 Å². The van der Waals surface area contributed by atoms with Gasteiger partial charge in [0, 0.05) is 30.7 Å². The van der Waals surface area contributed by atoms with Crippen LogP contribution < -0.4 is 14.8 Å². The van der Waals surface area contributed by atoms with E-state index in [0.717, 1.165) is 53.9 Å². The zero-order valence-electron chi connectivity index (χ0n) is 15.6. The molecule has 2 aromatic rings. The molecule has 3 rings (SSSR count). The van der Waals surface area contributed by atoms with E-state index in [0.29, 0.717) is 11.5 Å². The summed E-state index contributed by atoms with van der Waals surface area (Å²) in [6, 6.07) is 8.88. The monoisotopic (exact) mass is 458 g/mol. The van der Waals surface area contributed by atoms with Crippen LogP contribution in [0.2, 0.25) is 0 Å². The predicted molar refractivity (Wildman–Crippen MR) is 105 cm³/mol. The molecule has 1 heterocycles. The highest BCUT2D eigenvalue weighted by molar-refractivity contribution is 9.10. The van der Waals surface area contributed by atoms with E-state index in [2.05, 4.69) is 26.1 Å². The van der Waals surface area contributed by atoms with E-state index >= 15 is 0 Å². The molecule has 1 N–H and O–H groups in total. The number of ether oxygens (including phenoxy) is 2. The first-order valence-corrected chi connectivity index (χ1v) is 9.67. The molecule has 0 spiro atoms. The van der Waals surface area contributed by atoms with Gasteiger partial charge in [-0.3, -0.25) is 4.90 Å². The lowest BCUT2D eigenvalue weighted by molar-refractivity contribution is -0.137. The molecule has 0 saturated carbocycles. The molecule has 1 fully saturated rings. The van der Waals surface area contributed by atoms with Gasteiger partial charge in [0.25, 0.3) is 0 Å². The Hall–Kier alpha value is -1.77. The second kappa shape index (κ2) is 8.71. The maximum absolute atomic E-state index is 13.0. The first-order chi connectivity index (χ1) is 13.3. The van der Waals surface area contributed by atoms with Crippen LogP contribution >= 0.6 is 15.9 Å². The highest BCUT2D eigenvalue weighted by Crippen LogP contribution is 2.41. The Morgan fingerprint density at radius 1 is 1.00 bits per heavy atom. The van der Waals surface area contributed by atoms with Gasteiger partial charge in [-0.1, -0.05) is 28.1 Å².